The summed E-state index contributed by atoms with van der Waals surface area (Å²) in [5.74, 6) is -1.76. The Morgan fingerprint density at radius 2 is 2.00 bits per heavy atom. The molecule has 0 aliphatic rings. The molecule has 18 heavy (non-hydrogen) atoms. The molecule has 0 saturated carbocycles. The van der Waals surface area contributed by atoms with Gasteiger partial charge in [-0.15, -0.1) is 0 Å². The number of alkyl halides is 5. The molecule has 0 aromatic carbocycles. The number of aromatic nitrogens is 1. The van der Waals surface area contributed by atoms with Gasteiger partial charge in [-0.25, -0.2) is 18.6 Å². The number of hydrogen-bond donors (Lipinski definition) is 2. The molecule has 100 valence electrons. The van der Waals surface area contributed by atoms with Gasteiger partial charge in [-0.3, -0.25) is 0 Å². The first-order valence-electron chi connectivity index (χ1n) is 4.51. The molecule has 0 amide bonds. The monoisotopic (exact) mass is 270 g/mol. The lowest BCUT2D eigenvalue weighted by molar-refractivity contribution is -0.143. The number of carboxylic acid groups (broad SMARTS) is 1. The topological polar surface area (TPSA) is 76.2 Å². The van der Waals surface area contributed by atoms with E-state index in [1.54, 1.807) is 0 Å². The Kier molecular flexibility index (Phi) is 3.85. The lowest BCUT2D eigenvalue weighted by atomic mass is 10.1. The van der Waals surface area contributed by atoms with Crippen molar-refractivity contribution in [2.45, 2.75) is 19.1 Å². The van der Waals surface area contributed by atoms with Gasteiger partial charge < -0.3 is 10.8 Å². The third kappa shape index (κ3) is 2.73. The number of aromatic carboxylic acids is 1. The van der Waals surface area contributed by atoms with Crippen molar-refractivity contribution < 1.29 is 31.9 Å². The van der Waals surface area contributed by atoms with E-state index in [4.69, 9.17) is 10.8 Å². The van der Waals surface area contributed by atoms with Crippen molar-refractivity contribution in [3.63, 3.8) is 0 Å². The van der Waals surface area contributed by atoms with E-state index in [1.807, 2.05) is 0 Å². The highest BCUT2D eigenvalue weighted by atomic mass is 19.4. The highest BCUT2D eigenvalue weighted by Gasteiger charge is 2.39. The highest BCUT2D eigenvalue weighted by molar-refractivity contribution is 5.87. The largest absolute Gasteiger partial charge is 0.477 e. The molecule has 1 aromatic heterocycles. The van der Waals surface area contributed by atoms with Crippen LogP contribution in [0.1, 0.15) is 33.7 Å². The summed E-state index contributed by atoms with van der Waals surface area (Å²) in [6.07, 6.45) is -8.59. The summed E-state index contributed by atoms with van der Waals surface area (Å²) in [6, 6.07) is 0.421. The van der Waals surface area contributed by atoms with Crippen molar-refractivity contribution in [3.8, 4) is 0 Å². The summed E-state index contributed by atoms with van der Waals surface area (Å²) in [5.41, 5.74) is 0.434. The summed E-state index contributed by atoms with van der Waals surface area (Å²) in [5, 5.41) is 8.64. The second-order valence-corrected chi connectivity index (χ2v) is 3.24. The zero-order valence-electron chi connectivity index (χ0n) is 8.63. The summed E-state index contributed by atoms with van der Waals surface area (Å²) in [4.78, 5) is 13.4. The SMILES string of the molecule is NCc1cc(C(F)F)c(C(F)(F)F)nc1C(=O)O. The van der Waals surface area contributed by atoms with Crippen LogP contribution in [0.2, 0.25) is 0 Å². The Labute approximate surface area is 97.2 Å². The normalized spacial score (nSPS) is 11.9. The molecule has 0 spiro atoms. The van der Waals surface area contributed by atoms with E-state index >= 15 is 0 Å². The number of hydrogen-bond acceptors (Lipinski definition) is 3. The molecule has 1 aromatic rings. The quantitative estimate of drug-likeness (QED) is 0.825. The average Bonchev–Trinajstić information content (AvgIpc) is 2.25. The van der Waals surface area contributed by atoms with Gasteiger partial charge in [-0.05, 0) is 11.6 Å². The standard InChI is InChI=1S/C9H7F5N2O2/c10-7(11)4-1-3(2-15)5(8(17)18)16-6(4)9(12,13)14/h1,7H,2,15H2,(H,17,18). The Hall–Kier alpha value is -1.77. The van der Waals surface area contributed by atoms with E-state index in [1.165, 1.54) is 0 Å². The number of nitrogens with two attached hydrogens (primary N) is 1. The predicted molar refractivity (Wildman–Crippen MR) is 49.0 cm³/mol. The lowest BCUT2D eigenvalue weighted by Gasteiger charge is -2.14. The van der Waals surface area contributed by atoms with Crippen LogP contribution in [0.4, 0.5) is 22.0 Å². The van der Waals surface area contributed by atoms with Crippen molar-refractivity contribution in [2.24, 2.45) is 5.73 Å². The molecule has 4 nitrogen and oxygen atoms in total. The van der Waals surface area contributed by atoms with Crippen LogP contribution in [-0.4, -0.2) is 16.1 Å². The van der Waals surface area contributed by atoms with Crippen molar-refractivity contribution in [3.05, 3.63) is 28.6 Å². The van der Waals surface area contributed by atoms with Crippen LogP contribution >= 0.6 is 0 Å². The van der Waals surface area contributed by atoms with Crippen LogP contribution in [0.5, 0.6) is 0 Å². The molecule has 0 atom stereocenters. The van der Waals surface area contributed by atoms with Gasteiger partial charge in [0.2, 0.25) is 0 Å². The van der Waals surface area contributed by atoms with E-state index in [0.717, 1.165) is 0 Å². The number of carbonyl (C=O) groups is 1. The van der Waals surface area contributed by atoms with Crippen molar-refractivity contribution in [1.29, 1.82) is 0 Å². The molecule has 1 rings (SSSR count). The summed E-state index contributed by atoms with van der Waals surface area (Å²) >= 11 is 0. The molecule has 9 heteroatoms. The van der Waals surface area contributed by atoms with Gasteiger partial charge in [0, 0.05) is 12.1 Å². The van der Waals surface area contributed by atoms with Gasteiger partial charge in [-0.2, -0.15) is 13.2 Å². The first-order chi connectivity index (χ1) is 8.18. The smallest absolute Gasteiger partial charge is 0.433 e. The molecule has 1 heterocycles. The number of rotatable bonds is 3. The van der Waals surface area contributed by atoms with E-state index < -0.39 is 42.1 Å². The Morgan fingerprint density at radius 3 is 2.33 bits per heavy atom. The Morgan fingerprint density at radius 1 is 1.44 bits per heavy atom. The van der Waals surface area contributed by atoms with Crippen LogP contribution in [0.25, 0.3) is 0 Å². The van der Waals surface area contributed by atoms with Crippen LogP contribution < -0.4 is 5.73 Å². The third-order valence-corrected chi connectivity index (χ3v) is 2.06. The van der Waals surface area contributed by atoms with Crippen LogP contribution in [0.15, 0.2) is 6.07 Å². The highest BCUT2D eigenvalue weighted by Crippen LogP contribution is 2.35. The lowest BCUT2D eigenvalue weighted by Crippen LogP contribution is -2.19. The van der Waals surface area contributed by atoms with Crippen molar-refractivity contribution >= 4 is 5.97 Å². The molecule has 0 saturated heterocycles. The zero-order valence-corrected chi connectivity index (χ0v) is 8.63. The van der Waals surface area contributed by atoms with E-state index in [0.29, 0.717) is 6.07 Å². The summed E-state index contributed by atoms with van der Waals surface area (Å²) in [6.45, 7) is -0.507. The molecular formula is C9H7F5N2O2. The zero-order chi connectivity index (χ0) is 14.1. The average molecular weight is 270 g/mol. The van der Waals surface area contributed by atoms with Crippen LogP contribution in [-0.2, 0) is 12.7 Å². The maximum atomic E-state index is 12.5. The first-order valence-corrected chi connectivity index (χ1v) is 4.51. The van der Waals surface area contributed by atoms with E-state index in [9.17, 15) is 26.7 Å². The van der Waals surface area contributed by atoms with Crippen molar-refractivity contribution in [1.82, 2.24) is 4.98 Å². The summed E-state index contributed by atoms with van der Waals surface area (Å²) in [7, 11) is 0. The molecule has 0 radical (unpaired) electrons. The molecule has 0 aliphatic heterocycles. The Balaban J connectivity index is 3.58. The third-order valence-electron chi connectivity index (χ3n) is 2.06. The molecule has 0 unspecified atom stereocenters. The molecular weight excluding hydrogens is 263 g/mol. The van der Waals surface area contributed by atoms with Gasteiger partial charge in [0.15, 0.2) is 11.4 Å². The Bertz CT molecular complexity index is 473. The number of nitrogens with zero attached hydrogens (tertiary/aromatic N) is 1. The van der Waals surface area contributed by atoms with E-state index in [2.05, 4.69) is 4.98 Å². The minimum Gasteiger partial charge on any atom is -0.477 e. The van der Waals surface area contributed by atoms with Crippen LogP contribution in [0, 0.1) is 0 Å². The van der Waals surface area contributed by atoms with E-state index in [-0.39, 0.29) is 5.56 Å². The number of pyridine rings is 1. The minimum atomic E-state index is -5.16. The van der Waals surface area contributed by atoms with Gasteiger partial charge in [-0.1, -0.05) is 0 Å². The first kappa shape index (κ1) is 14.3. The van der Waals surface area contributed by atoms with Crippen LogP contribution in [0.3, 0.4) is 0 Å². The fraction of sp³-hybridized carbons (Fsp3) is 0.333. The maximum Gasteiger partial charge on any atom is 0.433 e. The molecule has 0 bridgehead atoms. The van der Waals surface area contributed by atoms with Gasteiger partial charge in [0.1, 0.15) is 0 Å². The second kappa shape index (κ2) is 4.84. The maximum absolute atomic E-state index is 12.5. The predicted octanol–water partition coefficient (Wildman–Crippen LogP) is 2.19. The fourth-order valence-corrected chi connectivity index (χ4v) is 1.31. The molecule has 3 N–H and O–H groups in total. The molecule has 0 aliphatic carbocycles. The second-order valence-electron chi connectivity index (χ2n) is 3.24. The molecule has 0 fully saturated rings. The van der Waals surface area contributed by atoms with Gasteiger partial charge >= 0.3 is 12.1 Å². The van der Waals surface area contributed by atoms with Gasteiger partial charge in [0.05, 0.1) is 0 Å². The number of carboxylic acids is 1. The van der Waals surface area contributed by atoms with Crippen molar-refractivity contribution in [2.75, 3.05) is 0 Å². The summed E-state index contributed by atoms with van der Waals surface area (Å²) < 4.78 is 62.4. The fourth-order valence-electron chi connectivity index (χ4n) is 1.31. The number of halogens is 5. The minimum absolute atomic E-state index is 0.384. The van der Waals surface area contributed by atoms with Gasteiger partial charge in [0.25, 0.3) is 6.43 Å².